The second-order valence-electron chi connectivity index (χ2n) is 5.31. The fourth-order valence-electron chi connectivity index (χ4n) is 2.53. The van der Waals surface area contributed by atoms with Crippen LogP contribution < -0.4 is 0 Å². The van der Waals surface area contributed by atoms with Crippen molar-refractivity contribution in [3.63, 3.8) is 0 Å². The van der Waals surface area contributed by atoms with Crippen molar-refractivity contribution in [2.24, 2.45) is 0 Å². The molecule has 1 unspecified atom stereocenters. The first kappa shape index (κ1) is 16.9. The Morgan fingerprint density at radius 2 is 2.00 bits per heavy atom. The molecule has 7 heteroatoms. The summed E-state index contributed by atoms with van der Waals surface area (Å²) in [6, 6.07) is 8.55. The van der Waals surface area contributed by atoms with E-state index in [1.807, 2.05) is 30.3 Å². The van der Waals surface area contributed by atoms with Crippen LogP contribution in [-0.2, 0) is 26.2 Å². The van der Waals surface area contributed by atoms with Crippen molar-refractivity contribution >= 4 is 16.0 Å². The highest BCUT2D eigenvalue weighted by molar-refractivity contribution is 7.89. The van der Waals surface area contributed by atoms with Crippen molar-refractivity contribution in [1.29, 1.82) is 0 Å². The second-order valence-corrected chi connectivity index (χ2v) is 7.36. The van der Waals surface area contributed by atoms with Crippen molar-refractivity contribution < 1.29 is 23.1 Å². The minimum Gasteiger partial charge on any atom is -0.480 e. The SMILES string of the molecule is O=C(O)C1CCCCN1S(=O)(=O)CCOCc1ccccc1. The predicted octanol–water partition coefficient (Wildman–Crippen LogP) is 1.47. The van der Waals surface area contributed by atoms with E-state index in [4.69, 9.17) is 9.84 Å². The molecule has 1 aromatic carbocycles. The summed E-state index contributed by atoms with van der Waals surface area (Å²) in [6.45, 7) is 0.677. The summed E-state index contributed by atoms with van der Waals surface area (Å²) in [7, 11) is -3.60. The highest BCUT2D eigenvalue weighted by Crippen LogP contribution is 2.21. The van der Waals surface area contributed by atoms with E-state index in [1.165, 1.54) is 0 Å². The molecule has 2 rings (SSSR count). The molecule has 1 atom stereocenters. The average molecular weight is 327 g/mol. The third-order valence-electron chi connectivity index (χ3n) is 3.69. The lowest BCUT2D eigenvalue weighted by Crippen LogP contribution is -2.49. The zero-order chi connectivity index (χ0) is 16.0. The molecule has 1 N–H and O–H groups in total. The van der Waals surface area contributed by atoms with Gasteiger partial charge < -0.3 is 9.84 Å². The Balaban J connectivity index is 1.86. The van der Waals surface area contributed by atoms with Gasteiger partial charge in [0.1, 0.15) is 6.04 Å². The number of sulfonamides is 1. The third-order valence-corrected chi connectivity index (χ3v) is 5.53. The summed E-state index contributed by atoms with van der Waals surface area (Å²) < 4.78 is 31.1. The molecule has 1 saturated heterocycles. The Bertz CT molecular complexity index is 587. The fourth-order valence-corrected chi connectivity index (χ4v) is 4.08. The van der Waals surface area contributed by atoms with E-state index < -0.39 is 22.0 Å². The van der Waals surface area contributed by atoms with E-state index in [0.717, 1.165) is 16.3 Å². The van der Waals surface area contributed by atoms with Gasteiger partial charge >= 0.3 is 5.97 Å². The number of carbonyl (C=O) groups is 1. The van der Waals surface area contributed by atoms with E-state index in [9.17, 15) is 13.2 Å². The molecule has 0 radical (unpaired) electrons. The first-order valence-electron chi connectivity index (χ1n) is 7.35. The van der Waals surface area contributed by atoms with Gasteiger partial charge in [0.15, 0.2) is 0 Å². The maximum absolute atomic E-state index is 12.3. The van der Waals surface area contributed by atoms with Crippen molar-refractivity contribution in [3.8, 4) is 0 Å². The van der Waals surface area contributed by atoms with E-state index in [-0.39, 0.29) is 18.9 Å². The van der Waals surface area contributed by atoms with E-state index in [0.29, 0.717) is 19.4 Å². The van der Waals surface area contributed by atoms with Gasteiger partial charge in [0.05, 0.1) is 19.0 Å². The monoisotopic (exact) mass is 327 g/mol. The number of piperidine rings is 1. The lowest BCUT2D eigenvalue weighted by atomic mass is 10.1. The van der Waals surface area contributed by atoms with Gasteiger partial charge in [0, 0.05) is 6.54 Å². The molecule has 1 aromatic rings. The zero-order valence-corrected chi connectivity index (χ0v) is 13.2. The molecule has 0 saturated carbocycles. The number of nitrogens with zero attached hydrogens (tertiary/aromatic N) is 1. The Morgan fingerprint density at radius 1 is 1.27 bits per heavy atom. The maximum atomic E-state index is 12.3. The molecular weight excluding hydrogens is 306 g/mol. The van der Waals surface area contributed by atoms with Gasteiger partial charge in [-0.05, 0) is 24.8 Å². The van der Waals surface area contributed by atoms with E-state index >= 15 is 0 Å². The molecule has 1 heterocycles. The van der Waals surface area contributed by atoms with Crippen LogP contribution in [0.4, 0.5) is 0 Å². The average Bonchev–Trinajstić information content (AvgIpc) is 2.52. The molecular formula is C15H21NO5S. The lowest BCUT2D eigenvalue weighted by Gasteiger charge is -2.31. The van der Waals surface area contributed by atoms with Gasteiger partial charge in [-0.15, -0.1) is 0 Å². The molecule has 22 heavy (non-hydrogen) atoms. The Kier molecular flexibility index (Phi) is 5.93. The highest BCUT2D eigenvalue weighted by atomic mass is 32.2. The lowest BCUT2D eigenvalue weighted by molar-refractivity contribution is -0.142. The molecule has 1 aliphatic heterocycles. The van der Waals surface area contributed by atoms with E-state index in [2.05, 4.69) is 0 Å². The van der Waals surface area contributed by atoms with Crippen LogP contribution in [0.25, 0.3) is 0 Å². The summed E-state index contributed by atoms with van der Waals surface area (Å²) in [5.41, 5.74) is 0.973. The normalized spacial score (nSPS) is 19.9. The van der Waals surface area contributed by atoms with Gasteiger partial charge in [0.25, 0.3) is 0 Å². The quantitative estimate of drug-likeness (QED) is 0.767. The van der Waals surface area contributed by atoms with Crippen molar-refractivity contribution in [2.75, 3.05) is 18.9 Å². The number of benzene rings is 1. The van der Waals surface area contributed by atoms with Crippen LogP contribution in [0.3, 0.4) is 0 Å². The minimum absolute atomic E-state index is 0.0556. The molecule has 1 aliphatic rings. The smallest absolute Gasteiger partial charge is 0.322 e. The van der Waals surface area contributed by atoms with Crippen molar-refractivity contribution in [1.82, 2.24) is 4.31 Å². The fraction of sp³-hybridized carbons (Fsp3) is 0.533. The molecule has 0 spiro atoms. The van der Waals surface area contributed by atoms with Crippen LogP contribution in [0.15, 0.2) is 30.3 Å². The Labute approximate surface area is 130 Å². The number of rotatable bonds is 7. The first-order chi connectivity index (χ1) is 10.5. The predicted molar refractivity (Wildman–Crippen MR) is 81.9 cm³/mol. The summed E-state index contributed by atoms with van der Waals surface area (Å²) in [5.74, 6) is -1.27. The van der Waals surface area contributed by atoms with Crippen LogP contribution in [-0.4, -0.2) is 48.7 Å². The van der Waals surface area contributed by atoms with Crippen LogP contribution in [0, 0.1) is 0 Å². The van der Waals surface area contributed by atoms with Gasteiger partial charge in [-0.25, -0.2) is 8.42 Å². The highest BCUT2D eigenvalue weighted by Gasteiger charge is 2.36. The van der Waals surface area contributed by atoms with Gasteiger partial charge in [0.2, 0.25) is 10.0 Å². The van der Waals surface area contributed by atoms with Crippen molar-refractivity contribution in [3.05, 3.63) is 35.9 Å². The Morgan fingerprint density at radius 3 is 2.68 bits per heavy atom. The van der Waals surface area contributed by atoms with Crippen LogP contribution in [0.1, 0.15) is 24.8 Å². The van der Waals surface area contributed by atoms with Gasteiger partial charge in [-0.3, -0.25) is 4.79 Å². The van der Waals surface area contributed by atoms with Crippen LogP contribution in [0.2, 0.25) is 0 Å². The molecule has 122 valence electrons. The largest absolute Gasteiger partial charge is 0.480 e. The molecule has 0 aromatic heterocycles. The number of carboxylic acid groups (broad SMARTS) is 1. The van der Waals surface area contributed by atoms with Crippen LogP contribution >= 0.6 is 0 Å². The van der Waals surface area contributed by atoms with Gasteiger partial charge in [-0.2, -0.15) is 4.31 Å². The zero-order valence-electron chi connectivity index (χ0n) is 12.3. The summed E-state index contributed by atoms with van der Waals surface area (Å²) in [4.78, 5) is 11.2. The topological polar surface area (TPSA) is 83.9 Å². The summed E-state index contributed by atoms with van der Waals surface area (Å²) in [5, 5.41) is 9.15. The number of carboxylic acids is 1. The van der Waals surface area contributed by atoms with Crippen molar-refractivity contribution in [2.45, 2.75) is 31.9 Å². The summed E-state index contributed by atoms with van der Waals surface area (Å²) >= 11 is 0. The number of aliphatic carboxylic acids is 1. The standard InChI is InChI=1S/C15H21NO5S/c17-15(18)14-8-4-5-9-16(14)22(19,20)11-10-21-12-13-6-2-1-3-7-13/h1-3,6-7,14H,4-5,8-12H2,(H,17,18). The second kappa shape index (κ2) is 7.71. The molecule has 1 fully saturated rings. The molecule has 0 bridgehead atoms. The number of hydrogen-bond acceptors (Lipinski definition) is 4. The maximum Gasteiger partial charge on any atom is 0.322 e. The van der Waals surface area contributed by atoms with Gasteiger partial charge in [-0.1, -0.05) is 30.3 Å². The molecule has 6 nitrogen and oxygen atoms in total. The third kappa shape index (κ3) is 4.53. The Hall–Kier alpha value is -1.44. The number of hydrogen-bond donors (Lipinski definition) is 1. The molecule has 0 amide bonds. The summed E-state index contributed by atoms with van der Waals surface area (Å²) in [6.07, 6.45) is 1.82. The number of ether oxygens (including phenoxy) is 1. The molecule has 0 aliphatic carbocycles. The van der Waals surface area contributed by atoms with Crippen LogP contribution in [0.5, 0.6) is 0 Å². The minimum atomic E-state index is -3.60. The first-order valence-corrected chi connectivity index (χ1v) is 8.95. The van der Waals surface area contributed by atoms with E-state index in [1.54, 1.807) is 0 Å².